The molecule has 0 aliphatic carbocycles. The van der Waals surface area contributed by atoms with E-state index in [4.69, 9.17) is 5.84 Å². The Balaban J connectivity index is 0.00000144. The summed E-state index contributed by atoms with van der Waals surface area (Å²) in [5.41, 5.74) is 1.80. The number of nitrogens with zero attached hydrogens (tertiary/aromatic N) is 1. The van der Waals surface area contributed by atoms with Crippen molar-refractivity contribution in [2.45, 2.75) is 0 Å². The molecular weight excluding hydrogens is 201 g/mol. The maximum atomic E-state index is 12.5. The number of nitro groups is 1. The Kier molecular flexibility index (Phi) is 4.09. The van der Waals surface area contributed by atoms with Gasteiger partial charge in [0, 0.05) is 0 Å². The number of nitrogens with one attached hydrogen (secondary N) is 1. The van der Waals surface area contributed by atoms with Crippen LogP contribution in [0.2, 0.25) is 0 Å². The predicted molar refractivity (Wildman–Crippen MR) is 48.1 cm³/mol. The van der Waals surface area contributed by atoms with Gasteiger partial charge in [-0.05, 0) is 12.1 Å². The van der Waals surface area contributed by atoms with Crippen LogP contribution in [0.4, 0.5) is 15.8 Å². The lowest BCUT2D eigenvalue weighted by Crippen LogP contribution is -2.09. The number of hydrogen-bond donors (Lipinski definition) is 2. The third-order valence-electron chi connectivity index (χ3n) is 1.31. The van der Waals surface area contributed by atoms with Gasteiger partial charge in [-0.25, -0.2) is 4.39 Å². The van der Waals surface area contributed by atoms with Gasteiger partial charge in [-0.3, -0.25) is 16.0 Å². The minimum absolute atomic E-state index is 0. The van der Waals surface area contributed by atoms with E-state index in [0.717, 1.165) is 12.1 Å². The van der Waals surface area contributed by atoms with Crippen molar-refractivity contribution in [3.8, 4) is 0 Å². The number of benzene rings is 1. The number of nitrogens with two attached hydrogens (primary N) is 1. The third kappa shape index (κ3) is 2.53. The molecule has 0 heterocycles. The van der Waals surface area contributed by atoms with Crippen LogP contribution < -0.4 is 11.3 Å². The van der Waals surface area contributed by atoms with Crippen LogP contribution in [-0.4, -0.2) is 4.92 Å². The summed E-state index contributed by atoms with van der Waals surface area (Å²) in [6, 6.07) is 3.09. The zero-order valence-electron chi connectivity index (χ0n) is 6.36. The molecule has 0 saturated heterocycles. The lowest BCUT2D eigenvalue weighted by atomic mass is 10.2. The zero-order valence-corrected chi connectivity index (χ0v) is 7.18. The van der Waals surface area contributed by atoms with Crippen LogP contribution in [0.15, 0.2) is 18.2 Å². The number of halogens is 2. The Morgan fingerprint density at radius 3 is 2.62 bits per heavy atom. The second kappa shape index (κ2) is 4.58. The number of hydrogen-bond acceptors (Lipinski definition) is 4. The first-order valence-corrected chi connectivity index (χ1v) is 3.05. The number of nitro benzene ring substituents is 1. The van der Waals surface area contributed by atoms with Crippen LogP contribution in [0.25, 0.3) is 0 Å². The zero-order chi connectivity index (χ0) is 9.14. The highest BCUT2D eigenvalue weighted by Gasteiger charge is 2.13. The number of nitrogen functional groups attached to an aromatic ring is 1. The Bertz CT molecular complexity index is 321. The smallest absolute Gasteiger partial charge is 0.296 e. The number of anilines is 1. The summed E-state index contributed by atoms with van der Waals surface area (Å²) in [5.74, 6) is 4.30. The van der Waals surface area contributed by atoms with Crippen molar-refractivity contribution in [3.63, 3.8) is 0 Å². The van der Waals surface area contributed by atoms with Crippen LogP contribution in [0.5, 0.6) is 0 Å². The summed E-state index contributed by atoms with van der Waals surface area (Å²) in [7, 11) is 0. The highest BCUT2D eigenvalue weighted by Crippen LogP contribution is 2.23. The normalized spacial score (nSPS) is 8.77. The van der Waals surface area contributed by atoms with Crippen molar-refractivity contribution in [2.24, 2.45) is 5.84 Å². The SMILES string of the molecule is Cl.NNc1ccc(F)cc1[N+](=O)[O-]. The first kappa shape index (κ1) is 11.6. The quantitative estimate of drug-likeness (QED) is 0.437. The molecule has 72 valence electrons. The minimum Gasteiger partial charge on any atom is -0.318 e. The van der Waals surface area contributed by atoms with Crippen molar-refractivity contribution < 1.29 is 9.31 Å². The molecule has 0 unspecified atom stereocenters. The fourth-order valence-corrected chi connectivity index (χ4v) is 0.778. The molecular formula is C6H7ClFN3O2. The van der Waals surface area contributed by atoms with Crippen LogP contribution in [0.3, 0.4) is 0 Å². The van der Waals surface area contributed by atoms with Crippen LogP contribution in [0, 0.1) is 15.9 Å². The van der Waals surface area contributed by atoms with Gasteiger partial charge in [0.15, 0.2) is 0 Å². The van der Waals surface area contributed by atoms with E-state index in [-0.39, 0.29) is 23.8 Å². The lowest BCUT2D eigenvalue weighted by molar-refractivity contribution is -0.384. The van der Waals surface area contributed by atoms with Gasteiger partial charge >= 0.3 is 0 Å². The van der Waals surface area contributed by atoms with Gasteiger partial charge in [0.2, 0.25) is 0 Å². The molecule has 0 atom stereocenters. The molecule has 0 amide bonds. The molecule has 0 aromatic heterocycles. The Morgan fingerprint density at radius 2 is 2.15 bits per heavy atom. The topological polar surface area (TPSA) is 81.2 Å². The highest BCUT2D eigenvalue weighted by molar-refractivity contribution is 5.85. The molecule has 1 aromatic rings. The third-order valence-corrected chi connectivity index (χ3v) is 1.31. The second-order valence-corrected chi connectivity index (χ2v) is 2.06. The molecule has 0 bridgehead atoms. The molecule has 0 spiro atoms. The minimum atomic E-state index is -0.710. The Hall–Kier alpha value is -1.40. The van der Waals surface area contributed by atoms with Gasteiger partial charge in [-0.15, -0.1) is 12.4 Å². The van der Waals surface area contributed by atoms with Crippen LogP contribution in [-0.2, 0) is 0 Å². The van der Waals surface area contributed by atoms with Crippen LogP contribution >= 0.6 is 12.4 Å². The van der Waals surface area contributed by atoms with E-state index in [2.05, 4.69) is 5.43 Å². The summed E-state index contributed by atoms with van der Waals surface area (Å²) in [5, 5.41) is 10.3. The molecule has 7 heteroatoms. The fraction of sp³-hybridized carbons (Fsp3) is 0. The van der Waals surface area contributed by atoms with Gasteiger partial charge in [0.1, 0.15) is 11.5 Å². The lowest BCUT2D eigenvalue weighted by Gasteiger charge is -1.99. The van der Waals surface area contributed by atoms with E-state index in [1.54, 1.807) is 0 Å². The molecule has 0 saturated carbocycles. The molecule has 0 aliphatic rings. The van der Waals surface area contributed by atoms with E-state index >= 15 is 0 Å². The fourth-order valence-electron chi connectivity index (χ4n) is 0.778. The van der Waals surface area contributed by atoms with E-state index in [9.17, 15) is 14.5 Å². The number of rotatable bonds is 2. The summed E-state index contributed by atoms with van der Waals surface area (Å²) in [6.07, 6.45) is 0. The molecule has 5 nitrogen and oxygen atoms in total. The van der Waals surface area contributed by atoms with E-state index in [1.807, 2.05) is 0 Å². The Morgan fingerprint density at radius 1 is 1.54 bits per heavy atom. The standard InChI is InChI=1S/C6H6FN3O2.ClH/c7-4-1-2-5(9-8)6(3-4)10(11)12;/h1-3,9H,8H2;1H. The van der Waals surface area contributed by atoms with E-state index < -0.39 is 10.7 Å². The molecule has 3 N–H and O–H groups in total. The first-order valence-electron chi connectivity index (χ1n) is 3.05. The average Bonchev–Trinajstić information content (AvgIpc) is 2.04. The van der Waals surface area contributed by atoms with Crippen LogP contribution in [0.1, 0.15) is 0 Å². The molecule has 0 aliphatic heterocycles. The van der Waals surface area contributed by atoms with Gasteiger partial charge in [0.25, 0.3) is 5.69 Å². The summed E-state index contributed by atoms with van der Waals surface area (Å²) in [6.45, 7) is 0. The predicted octanol–water partition coefficient (Wildman–Crippen LogP) is 1.44. The molecule has 1 rings (SSSR count). The Labute approximate surface area is 79.3 Å². The molecule has 1 aromatic carbocycles. The molecule has 0 radical (unpaired) electrons. The maximum absolute atomic E-state index is 12.5. The monoisotopic (exact) mass is 207 g/mol. The summed E-state index contributed by atoms with van der Waals surface area (Å²) >= 11 is 0. The summed E-state index contributed by atoms with van der Waals surface area (Å²) in [4.78, 5) is 9.57. The van der Waals surface area contributed by atoms with Crippen molar-refractivity contribution in [1.82, 2.24) is 0 Å². The molecule has 13 heavy (non-hydrogen) atoms. The van der Waals surface area contributed by atoms with Gasteiger partial charge in [-0.1, -0.05) is 0 Å². The van der Waals surface area contributed by atoms with Gasteiger partial charge in [-0.2, -0.15) is 0 Å². The van der Waals surface area contributed by atoms with Gasteiger partial charge < -0.3 is 5.43 Å². The van der Waals surface area contributed by atoms with E-state index in [1.165, 1.54) is 6.07 Å². The van der Waals surface area contributed by atoms with Gasteiger partial charge in [0.05, 0.1) is 11.0 Å². The van der Waals surface area contributed by atoms with Crippen molar-refractivity contribution >= 4 is 23.8 Å². The first-order chi connectivity index (χ1) is 5.65. The summed E-state index contributed by atoms with van der Waals surface area (Å²) < 4.78 is 12.5. The highest BCUT2D eigenvalue weighted by atomic mass is 35.5. The van der Waals surface area contributed by atoms with Crippen molar-refractivity contribution in [2.75, 3.05) is 5.43 Å². The average molecular weight is 208 g/mol. The molecule has 0 fully saturated rings. The van der Waals surface area contributed by atoms with E-state index in [0.29, 0.717) is 0 Å². The second-order valence-electron chi connectivity index (χ2n) is 2.06. The number of hydrazine groups is 1. The van der Waals surface area contributed by atoms with Crippen molar-refractivity contribution in [1.29, 1.82) is 0 Å². The largest absolute Gasteiger partial charge is 0.318 e. The van der Waals surface area contributed by atoms with Crippen molar-refractivity contribution in [3.05, 3.63) is 34.1 Å². The maximum Gasteiger partial charge on any atom is 0.296 e.